The van der Waals surface area contributed by atoms with Crippen LogP contribution in [0.15, 0.2) is 0 Å². The fourth-order valence-electron chi connectivity index (χ4n) is 4.31. The van der Waals surface area contributed by atoms with Crippen molar-refractivity contribution in [2.45, 2.75) is 129 Å². The van der Waals surface area contributed by atoms with E-state index in [1.807, 2.05) is 0 Å². The summed E-state index contributed by atoms with van der Waals surface area (Å²) >= 11 is 0. The first-order valence-electron chi connectivity index (χ1n) is 12.5. The van der Waals surface area contributed by atoms with Crippen LogP contribution in [0.5, 0.6) is 0 Å². The van der Waals surface area contributed by atoms with Crippen LogP contribution in [-0.4, -0.2) is 43.7 Å². The summed E-state index contributed by atoms with van der Waals surface area (Å²) in [4.78, 5) is 12.1. The summed E-state index contributed by atoms with van der Waals surface area (Å²) in [5.74, 6) is 0.0211. The number of halogens is 1. The van der Waals surface area contributed by atoms with Crippen LogP contribution in [0.3, 0.4) is 0 Å². The Morgan fingerprint density at radius 3 is 1.76 bits per heavy atom. The van der Waals surface area contributed by atoms with Gasteiger partial charge in [-0.05, 0) is 38.5 Å². The molecule has 0 heterocycles. The Kier molecular flexibility index (Phi) is 17.8. The van der Waals surface area contributed by atoms with Crippen molar-refractivity contribution < 1.29 is 18.7 Å². The second-order valence-corrected chi connectivity index (χ2v) is 9.77. The van der Waals surface area contributed by atoms with Crippen molar-refractivity contribution in [3.8, 4) is 0 Å². The second-order valence-electron chi connectivity index (χ2n) is 9.77. The quantitative estimate of drug-likeness (QED) is 0.204. The lowest BCUT2D eigenvalue weighted by Gasteiger charge is -2.30. The minimum Gasteiger partial charge on any atom is -1.00 e. The molecule has 174 valence electrons. The number of quaternary nitrogens is 1. The number of rotatable bonds is 17. The van der Waals surface area contributed by atoms with E-state index in [0.29, 0.717) is 6.42 Å². The molecule has 4 heteroatoms. The van der Waals surface area contributed by atoms with Gasteiger partial charge in [-0.25, -0.2) is 0 Å². The Bertz CT molecular complexity index is 381. The van der Waals surface area contributed by atoms with Crippen LogP contribution < -0.4 is 4.70 Å². The smallest absolute Gasteiger partial charge is 0.311 e. The Hall–Kier alpha value is -0.640. The van der Waals surface area contributed by atoms with Gasteiger partial charge in [-0.15, -0.1) is 0 Å². The predicted molar refractivity (Wildman–Crippen MR) is 121 cm³/mol. The molecular formula is C25H50FNO2. The second kappa shape index (κ2) is 18.2. The first kappa shape index (κ1) is 28.4. The number of hydrogen-bond acceptors (Lipinski definition) is 2. The Morgan fingerprint density at radius 2 is 1.24 bits per heavy atom. The summed E-state index contributed by atoms with van der Waals surface area (Å²) in [5.41, 5.74) is 0. The maximum Gasteiger partial charge on any atom is 0.311 e. The number of nitrogens with zero attached hydrogens (tertiary/aromatic N) is 1. The van der Waals surface area contributed by atoms with Crippen molar-refractivity contribution >= 4 is 5.97 Å². The molecule has 0 amide bonds. The van der Waals surface area contributed by atoms with Crippen LogP contribution in [0.2, 0.25) is 0 Å². The highest BCUT2D eigenvalue weighted by Crippen LogP contribution is 2.21. The molecule has 1 saturated carbocycles. The van der Waals surface area contributed by atoms with Gasteiger partial charge in [-0.3, -0.25) is 4.79 Å². The zero-order valence-electron chi connectivity index (χ0n) is 19.9. The highest BCUT2D eigenvalue weighted by Gasteiger charge is 2.21. The molecule has 0 aromatic rings. The SMILES string of the molecule is CCCCCCCCCCCCCC[N+](C)(C)CCC(=O)OC1CCCCC1.[F-]. The molecule has 0 bridgehead atoms. The first-order chi connectivity index (χ1) is 13.5. The number of ether oxygens (including phenoxy) is 1. The summed E-state index contributed by atoms with van der Waals surface area (Å²) in [7, 11) is 4.51. The van der Waals surface area contributed by atoms with E-state index in [4.69, 9.17) is 4.74 Å². The molecule has 0 radical (unpaired) electrons. The van der Waals surface area contributed by atoms with E-state index in [9.17, 15) is 4.79 Å². The van der Waals surface area contributed by atoms with Gasteiger partial charge in [0.15, 0.2) is 0 Å². The third-order valence-electron chi connectivity index (χ3n) is 6.39. The molecule has 0 saturated heterocycles. The van der Waals surface area contributed by atoms with E-state index in [-0.39, 0.29) is 16.8 Å². The van der Waals surface area contributed by atoms with Gasteiger partial charge in [-0.1, -0.05) is 77.6 Å². The Morgan fingerprint density at radius 1 is 0.759 bits per heavy atom. The Balaban J connectivity index is 0.00000784. The highest BCUT2D eigenvalue weighted by atomic mass is 19.0. The van der Waals surface area contributed by atoms with Crippen LogP contribution in [0.1, 0.15) is 122 Å². The molecule has 1 rings (SSSR count). The molecule has 1 aliphatic carbocycles. The summed E-state index contributed by atoms with van der Waals surface area (Å²) in [6.45, 7) is 4.36. The molecule has 1 aliphatic rings. The van der Waals surface area contributed by atoms with Crippen LogP contribution in [-0.2, 0) is 9.53 Å². The van der Waals surface area contributed by atoms with E-state index in [1.165, 1.54) is 103 Å². The van der Waals surface area contributed by atoms with Gasteiger partial charge in [0.1, 0.15) is 6.10 Å². The van der Waals surface area contributed by atoms with E-state index in [2.05, 4.69) is 21.0 Å². The number of esters is 1. The zero-order valence-corrected chi connectivity index (χ0v) is 19.9. The molecule has 0 aromatic heterocycles. The standard InChI is InChI=1S/C25H50NO2.FH/c1-4-5-6-7-8-9-10-11-12-13-14-18-22-26(2,3)23-21-25(27)28-24-19-16-15-17-20-24;/h24H,4-23H2,1-3H3;1H/q+1;/p-1. The predicted octanol–water partition coefficient (Wildman–Crippen LogP) is 4.03. The maximum atomic E-state index is 12.1. The molecule has 0 aromatic carbocycles. The lowest BCUT2D eigenvalue weighted by Crippen LogP contribution is -3.00. The third kappa shape index (κ3) is 16.8. The average Bonchev–Trinajstić information content (AvgIpc) is 2.68. The monoisotopic (exact) mass is 415 g/mol. The molecule has 0 N–H and O–H groups in total. The van der Waals surface area contributed by atoms with Crippen molar-refractivity contribution in [1.82, 2.24) is 0 Å². The van der Waals surface area contributed by atoms with E-state index in [1.54, 1.807) is 0 Å². The summed E-state index contributed by atoms with van der Waals surface area (Å²) < 4.78 is 6.60. The van der Waals surface area contributed by atoms with Crippen molar-refractivity contribution in [3.05, 3.63) is 0 Å². The molecule has 1 fully saturated rings. The van der Waals surface area contributed by atoms with Crippen LogP contribution >= 0.6 is 0 Å². The fraction of sp³-hybridized carbons (Fsp3) is 0.960. The highest BCUT2D eigenvalue weighted by molar-refractivity contribution is 5.69. The summed E-state index contributed by atoms with van der Waals surface area (Å²) in [5, 5.41) is 0. The number of unbranched alkanes of at least 4 members (excludes halogenated alkanes) is 11. The van der Waals surface area contributed by atoms with E-state index >= 15 is 0 Å². The lowest BCUT2D eigenvalue weighted by atomic mass is 9.98. The van der Waals surface area contributed by atoms with Crippen LogP contribution in [0.25, 0.3) is 0 Å². The minimum absolute atomic E-state index is 0. The van der Waals surface area contributed by atoms with Gasteiger partial charge in [0.05, 0.1) is 33.6 Å². The normalized spacial score (nSPS) is 15.1. The number of carbonyl (C=O) groups is 1. The van der Waals surface area contributed by atoms with E-state index in [0.717, 1.165) is 23.9 Å². The van der Waals surface area contributed by atoms with Gasteiger partial charge in [0.2, 0.25) is 0 Å². The molecule has 0 atom stereocenters. The lowest BCUT2D eigenvalue weighted by molar-refractivity contribution is -0.890. The van der Waals surface area contributed by atoms with Gasteiger partial charge in [0, 0.05) is 0 Å². The molecule has 3 nitrogen and oxygen atoms in total. The van der Waals surface area contributed by atoms with Crippen molar-refractivity contribution in [3.63, 3.8) is 0 Å². The van der Waals surface area contributed by atoms with Crippen molar-refractivity contribution in [2.75, 3.05) is 27.2 Å². The third-order valence-corrected chi connectivity index (χ3v) is 6.39. The van der Waals surface area contributed by atoms with Crippen LogP contribution in [0.4, 0.5) is 0 Å². The average molecular weight is 416 g/mol. The topological polar surface area (TPSA) is 26.3 Å². The number of carbonyl (C=O) groups excluding carboxylic acids is 1. The molecule has 29 heavy (non-hydrogen) atoms. The molecule has 0 aliphatic heterocycles. The van der Waals surface area contributed by atoms with Gasteiger partial charge >= 0.3 is 5.97 Å². The van der Waals surface area contributed by atoms with Crippen molar-refractivity contribution in [1.29, 1.82) is 0 Å². The maximum absolute atomic E-state index is 12.1. The first-order valence-corrected chi connectivity index (χ1v) is 12.5. The minimum atomic E-state index is 0. The van der Waals surface area contributed by atoms with Crippen molar-refractivity contribution in [2.24, 2.45) is 0 Å². The fourth-order valence-corrected chi connectivity index (χ4v) is 4.31. The van der Waals surface area contributed by atoms with E-state index < -0.39 is 0 Å². The largest absolute Gasteiger partial charge is 1.00 e. The summed E-state index contributed by atoms with van der Waals surface area (Å²) in [6, 6.07) is 0. The number of hydrogen-bond donors (Lipinski definition) is 0. The van der Waals surface area contributed by atoms with Gasteiger partial charge < -0.3 is 13.9 Å². The molecule has 0 spiro atoms. The van der Waals surface area contributed by atoms with Gasteiger partial charge in [-0.2, -0.15) is 0 Å². The zero-order chi connectivity index (χ0) is 20.5. The Labute approximate surface area is 180 Å². The van der Waals surface area contributed by atoms with Gasteiger partial charge in [0.25, 0.3) is 0 Å². The molecular weight excluding hydrogens is 365 g/mol. The summed E-state index contributed by atoms with van der Waals surface area (Å²) in [6.07, 6.45) is 23.4. The molecule has 0 unspecified atom stereocenters. The van der Waals surface area contributed by atoms with Crippen LogP contribution in [0, 0.1) is 0 Å².